The number of nitrogens with one attached hydrogen (secondary N) is 3. The highest BCUT2D eigenvalue weighted by Gasteiger charge is 2.17. The summed E-state index contributed by atoms with van der Waals surface area (Å²) in [6, 6.07) is 5.06. The first kappa shape index (κ1) is 9.51. The number of amides is 3. The van der Waals surface area contributed by atoms with Crippen molar-refractivity contribution in [2.24, 2.45) is 0 Å². The van der Waals surface area contributed by atoms with E-state index < -0.39 is 0 Å². The van der Waals surface area contributed by atoms with Gasteiger partial charge in [-0.3, -0.25) is 4.79 Å². The average Bonchev–Trinajstić information content (AvgIpc) is 2.57. The summed E-state index contributed by atoms with van der Waals surface area (Å²) in [6.07, 6.45) is 0.374. The second kappa shape index (κ2) is 3.61. The maximum atomic E-state index is 11.1. The molecule has 0 aliphatic carbocycles. The predicted molar refractivity (Wildman–Crippen MR) is 56.9 cm³/mol. The summed E-state index contributed by atoms with van der Waals surface area (Å²) in [5, 5.41) is 7.83. The fraction of sp³-hybridized carbons (Fsp3) is 0.200. The minimum Gasteiger partial charge on any atom is -0.341 e. The summed E-state index contributed by atoms with van der Waals surface area (Å²) in [6.45, 7) is 0. The van der Waals surface area contributed by atoms with E-state index in [0.717, 1.165) is 11.3 Å². The van der Waals surface area contributed by atoms with Crippen molar-refractivity contribution < 1.29 is 9.59 Å². The minimum absolute atomic E-state index is 0.0120. The van der Waals surface area contributed by atoms with E-state index in [1.165, 1.54) is 0 Å². The number of benzene rings is 1. The molecule has 0 bridgehead atoms. The van der Waals surface area contributed by atoms with Crippen LogP contribution in [0.3, 0.4) is 0 Å². The first-order valence-corrected chi connectivity index (χ1v) is 4.60. The zero-order valence-electron chi connectivity index (χ0n) is 8.26. The molecule has 0 saturated carbocycles. The molecule has 0 fully saturated rings. The van der Waals surface area contributed by atoms with Gasteiger partial charge in [-0.2, -0.15) is 0 Å². The highest BCUT2D eigenvalue weighted by atomic mass is 16.2. The Labute approximate surface area is 86.9 Å². The highest BCUT2D eigenvalue weighted by molar-refractivity contribution is 6.00. The Bertz CT molecular complexity index is 429. The second-order valence-corrected chi connectivity index (χ2v) is 3.30. The van der Waals surface area contributed by atoms with Gasteiger partial charge in [-0.15, -0.1) is 0 Å². The Morgan fingerprint density at radius 2 is 2.27 bits per heavy atom. The molecule has 78 valence electrons. The van der Waals surface area contributed by atoms with Gasteiger partial charge in [0.25, 0.3) is 0 Å². The third-order valence-corrected chi connectivity index (χ3v) is 2.22. The van der Waals surface area contributed by atoms with Gasteiger partial charge >= 0.3 is 6.03 Å². The van der Waals surface area contributed by atoms with Crippen LogP contribution in [0.5, 0.6) is 0 Å². The third kappa shape index (κ3) is 1.90. The molecule has 1 aliphatic rings. The number of hydrogen-bond donors (Lipinski definition) is 3. The van der Waals surface area contributed by atoms with E-state index in [-0.39, 0.29) is 11.9 Å². The van der Waals surface area contributed by atoms with Crippen molar-refractivity contribution in [2.45, 2.75) is 6.42 Å². The predicted octanol–water partition coefficient (Wildman–Crippen LogP) is 0.932. The molecular weight excluding hydrogens is 194 g/mol. The molecule has 1 aromatic rings. The van der Waals surface area contributed by atoms with Crippen molar-refractivity contribution >= 4 is 23.3 Å². The van der Waals surface area contributed by atoms with Gasteiger partial charge in [0.2, 0.25) is 5.91 Å². The van der Waals surface area contributed by atoms with Crippen molar-refractivity contribution in [3.63, 3.8) is 0 Å². The van der Waals surface area contributed by atoms with Gasteiger partial charge in [0.15, 0.2) is 0 Å². The summed E-state index contributed by atoms with van der Waals surface area (Å²) in [5.41, 5.74) is 2.42. The quantitative estimate of drug-likeness (QED) is 0.638. The lowest BCUT2D eigenvalue weighted by Gasteiger charge is -2.05. The molecule has 0 saturated heterocycles. The number of urea groups is 1. The molecule has 1 aliphatic heterocycles. The van der Waals surface area contributed by atoms with Crippen LogP contribution in [0.1, 0.15) is 5.56 Å². The van der Waals surface area contributed by atoms with Crippen LogP contribution in [0.15, 0.2) is 18.2 Å². The second-order valence-electron chi connectivity index (χ2n) is 3.30. The fourth-order valence-corrected chi connectivity index (χ4v) is 1.50. The highest BCUT2D eigenvalue weighted by Crippen LogP contribution is 2.25. The molecule has 15 heavy (non-hydrogen) atoms. The summed E-state index contributed by atoms with van der Waals surface area (Å²) >= 11 is 0. The Morgan fingerprint density at radius 3 is 3.00 bits per heavy atom. The lowest BCUT2D eigenvalue weighted by atomic mass is 10.1. The van der Waals surface area contributed by atoms with Crippen LogP contribution in [0.4, 0.5) is 16.2 Å². The molecule has 0 spiro atoms. The van der Waals surface area contributed by atoms with E-state index in [0.29, 0.717) is 12.1 Å². The van der Waals surface area contributed by atoms with Crippen LogP contribution in [0, 0.1) is 0 Å². The molecule has 2 rings (SSSR count). The van der Waals surface area contributed by atoms with Crippen LogP contribution in [-0.2, 0) is 11.2 Å². The molecule has 1 heterocycles. The van der Waals surface area contributed by atoms with Gasteiger partial charge in [0, 0.05) is 18.4 Å². The van der Waals surface area contributed by atoms with Crippen LogP contribution in [-0.4, -0.2) is 19.0 Å². The zero-order valence-corrected chi connectivity index (χ0v) is 8.26. The maximum Gasteiger partial charge on any atom is 0.318 e. The van der Waals surface area contributed by atoms with Crippen LogP contribution >= 0.6 is 0 Å². The van der Waals surface area contributed by atoms with Crippen molar-refractivity contribution in [3.8, 4) is 0 Å². The first-order chi connectivity index (χ1) is 7.19. The smallest absolute Gasteiger partial charge is 0.318 e. The van der Waals surface area contributed by atoms with E-state index in [9.17, 15) is 9.59 Å². The molecule has 1 aromatic carbocycles. The molecule has 0 unspecified atom stereocenters. The lowest BCUT2D eigenvalue weighted by molar-refractivity contribution is -0.115. The van der Waals surface area contributed by atoms with Gasteiger partial charge in [-0.05, 0) is 23.8 Å². The number of anilines is 2. The molecular formula is C10H11N3O2. The van der Waals surface area contributed by atoms with E-state index in [4.69, 9.17) is 0 Å². The van der Waals surface area contributed by atoms with Crippen molar-refractivity contribution in [1.82, 2.24) is 5.32 Å². The Kier molecular flexibility index (Phi) is 2.29. The molecule has 0 aromatic heterocycles. The van der Waals surface area contributed by atoms with Gasteiger partial charge in [0.05, 0.1) is 6.42 Å². The van der Waals surface area contributed by atoms with Crippen LogP contribution in [0.2, 0.25) is 0 Å². The minimum atomic E-state index is -0.271. The van der Waals surface area contributed by atoms with Gasteiger partial charge in [-0.1, -0.05) is 0 Å². The summed E-state index contributed by atoms with van der Waals surface area (Å²) in [7, 11) is 1.55. The lowest BCUT2D eigenvalue weighted by Crippen LogP contribution is -2.24. The van der Waals surface area contributed by atoms with E-state index in [2.05, 4.69) is 16.0 Å². The summed E-state index contributed by atoms with van der Waals surface area (Å²) in [5.74, 6) is -0.0120. The Morgan fingerprint density at radius 1 is 1.47 bits per heavy atom. The Balaban J connectivity index is 2.20. The molecule has 0 atom stereocenters. The zero-order chi connectivity index (χ0) is 10.8. The van der Waals surface area contributed by atoms with E-state index >= 15 is 0 Å². The number of fused-ring (bicyclic) bond motifs is 1. The molecule has 5 heteroatoms. The van der Waals surface area contributed by atoms with Gasteiger partial charge in [0.1, 0.15) is 0 Å². The van der Waals surface area contributed by atoms with Crippen LogP contribution in [0.25, 0.3) is 0 Å². The van der Waals surface area contributed by atoms with Crippen molar-refractivity contribution in [1.29, 1.82) is 0 Å². The topological polar surface area (TPSA) is 70.2 Å². The van der Waals surface area contributed by atoms with Crippen molar-refractivity contribution in [2.75, 3.05) is 17.7 Å². The van der Waals surface area contributed by atoms with Gasteiger partial charge < -0.3 is 16.0 Å². The van der Waals surface area contributed by atoms with Crippen molar-refractivity contribution in [3.05, 3.63) is 23.8 Å². The third-order valence-electron chi connectivity index (χ3n) is 2.22. The molecule has 0 radical (unpaired) electrons. The SMILES string of the molecule is CNC(=O)Nc1ccc2c(c1)CC(=O)N2. The number of rotatable bonds is 1. The molecule has 5 nitrogen and oxygen atoms in total. The fourth-order valence-electron chi connectivity index (χ4n) is 1.50. The number of carbonyl (C=O) groups excluding carboxylic acids is 2. The van der Waals surface area contributed by atoms with Crippen LogP contribution < -0.4 is 16.0 Å². The van der Waals surface area contributed by atoms with E-state index in [1.807, 2.05) is 0 Å². The molecule has 3 amide bonds. The van der Waals surface area contributed by atoms with Gasteiger partial charge in [-0.25, -0.2) is 4.79 Å². The molecule has 3 N–H and O–H groups in total. The maximum absolute atomic E-state index is 11.1. The number of hydrogen-bond acceptors (Lipinski definition) is 2. The first-order valence-electron chi connectivity index (χ1n) is 4.60. The summed E-state index contributed by atoms with van der Waals surface area (Å²) < 4.78 is 0. The largest absolute Gasteiger partial charge is 0.341 e. The standard InChI is InChI=1S/C10H11N3O2/c1-11-10(15)12-7-2-3-8-6(4-7)5-9(14)13-8/h2-4H,5H2,1H3,(H,13,14)(H2,11,12,15). The number of carbonyl (C=O) groups is 2. The Hall–Kier alpha value is -2.04. The summed E-state index contributed by atoms with van der Waals surface area (Å²) in [4.78, 5) is 22.1. The van der Waals surface area contributed by atoms with E-state index in [1.54, 1.807) is 25.2 Å². The average molecular weight is 205 g/mol. The normalized spacial score (nSPS) is 13.0. The monoisotopic (exact) mass is 205 g/mol.